The summed E-state index contributed by atoms with van der Waals surface area (Å²) in [6.07, 6.45) is 7.09. The van der Waals surface area contributed by atoms with E-state index in [0.717, 1.165) is 19.8 Å². The molecule has 0 spiro atoms. The van der Waals surface area contributed by atoms with Crippen molar-refractivity contribution in [3.63, 3.8) is 0 Å². The Morgan fingerprint density at radius 3 is 2.95 bits per heavy atom. The van der Waals surface area contributed by atoms with Gasteiger partial charge < -0.3 is 10.2 Å². The molecular formula is C15H28N4S. The minimum absolute atomic E-state index is 0.460. The highest BCUT2D eigenvalue weighted by Gasteiger charge is 2.42. The summed E-state index contributed by atoms with van der Waals surface area (Å²) in [6, 6.07) is 0. The molecule has 20 heavy (non-hydrogen) atoms. The quantitative estimate of drug-likeness (QED) is 0.671. The maximum Gasteiger partial charge on any atom is 0.0680 e. The van der Waals surface area contributed by atoms with E-state index in [4.69, 9.17) is 0 Å². The van der Waals surface area contributed by atoms with Gasteiger partial charge >= 0.3 is 0 Å². The first-order valence-corrected chi connectivity index (χ1v) is 8.87. The van der Waals surface area contributed by atoms with E-state index in [1.807, 2.05) is 0 Å². The second-order valence-corrected chi connectivity index (χ2v) is 7.63. The van der Waals surface area contributed by atoms with E-state index in [-0.39, 0.29) is 0 Å². The molecule has 1 fully saturated rings. The summed E-state index contributed by atoms with van der Waals surface area (Å²) in [5.74, 6) is 0.656. The highest BCUT2D eigenvalue weighted by molar-refractivity contribution is 8.03. The SMILES string of the molecule is CN(C)CCCNC1NCNC2SC3=C(CCCC3)C12. The van der Waals surface area contributed by atoms with Crippen LogP contribution in [-0.2, 0) is 0 Å². The van der Waals surface area contributed by atoms with Crippen molar-refractivity contribution in [2.24, 2.45) is 5.92 Å². The highest BCUT2D eigenvalue weighted by Crippen LogP contribution is 2.49. The van der Waals surface area contributed by atoms with Crippen LogP contribution in [-0.4, -0.2) is 50.3 Å². The molecule has 1 aliphatic carbocycles. The van der Waals surface area contributed by atoms with Gasteiger partial charge in [0.2, 0.25) is 0 Å². The van der Waals surface area contributed by atoms with Crippen molar-refractivity contribution in [2.75, 3.05) is 33.9 Å². The first-order chi connectivity index (χ1) is 9.75. The maximum absolute atomic E-state index is 3.76. The third kappa shape index (κ3) is 3.22. The lowest BCUT2D eigenvalue weighted by Crippen LogP contribution is -2.61. The van der Waals surface area contributed by atoms with Gasteiger partial charge in [-0.05, 0) is 64.2 Å². The van der Waals surface area contributed by atoms with Gasteiger partial charge in [0.1, 0.15) is 0 Å². The summed E-state index contributed by atoms with van der Waals surface area (Å²) >= 11 is 2.11. The summed E-state index contributed by atoms with van der Waals surface area (Å²) in [5.41, 5.74) is 1.75. The molecule has 0 aromatic rings. The van der Waals surface area contributed by atoms with Crippen molar-refractivity contribution in [3.05, 3.63) is 10.5 Å². The Hall–Kier alpha value is -0.0700. The van der Waals surface area contributed by atoms with Crippen LogP contribution in [0.2, 0.25) is 0 Å². The van der Waals surface area contributed by atoms with Crippen molar-refractivity contribution < 1.29 is 0 Å². The highest BCUT2D eigenvalue weighted by atomic mass is 32.2. The Kier molecular flexibility index (Phi) is 5.04. The van der Waals surface area contributed by atoms with Crippen LogP contribution in [0.3, 0.4) is 0 Å². The average molecular weight is 296 g/mol. The summed E-state index contributed by atoms with van der Waals surface area (Å²) in [7, 11) is 4.29. The molecule has 5 heteroatoms. The van der Waals surface area contributed by atoms with Gasteiger partial charge in [-0.15, -0.1) is 11.8 Å². The van der Waals surface area contributed by atoms with Crippen LogP contribution in [0, 0.1) is 5.92 Å². The molecule has 0 saturated carbocycles. The largest absolute Gasteiger partial charge is 0.309 e. The molecule has 3 N–H and O–H groups in total. The molecule has 4 nitrogen and oxygen atoms in total. The van der Waals surface area contributed by atoms with Crippen LogP contribution in [0.25, 0.3) is 0 Å². The number of hydrogen-bond donors (Lipinski definition) is 3. The molecule has 2 heterocycles. The van der Waals surface area contributed by atoms with Gasteiger partial charge in [-0.3, -0.25) is 10.6 Å². The summed E-state index contributed by atoms with van der Waals surface area (Å²) in [4.78, 5) is 3.95. The Balaban J connectivity index is 1.58. The fourth-order valence-electron chi connectivity index (χ4n) is 3.59. The van der Waals surface area contributed by atoms with Crippen molar-refractivity contribution in [2.45, 2.75) is 43.6 Å². The predicted molar refractivity (Wildman–Crippen MR) is 86.5 cm³/mol. The normalized spacial score (nSPS) is 33.5. The molecule has 3 rings (SSSR count). The lowest BCUT2D eigenvalue weighted by molar-refractivity contribution is 0.247. The zero-order chi connectivity index (χ0) is 13.9. The number of nitrogens with zero attached hydrogens (tertiary/aromatic N) is 1. The van der Waals surface area contributed by atoms with Crippen LogP contribution in [0.15, 0.2) is 10.5 Å². The first kappa shape index (κ1) is 14.9. The minimum atomic E-state index is 0.460. The number of fused-ring (bicyclic) bond motifs is 2. The van der Waals surface area contributed by atoms with Gasteiger partial charge in [0.15, 0.2) is 0 Å². The Labute approximate surface area is 127 Å². The number of hydrogen-bond acceptors (Lipinski definition) is 5. The minimum Gasteiger partial charge on any atom is -0.309 e. The van der Waals surface area contributed by atoms with Gasteiger partial charge in [-0.1, -0.05) is 5.57 Å². The van der Waals surface area contributed by atoms with Crippen molar-refractivity contribution in [1.82, 2.24) is 20.9 Å². The molecule has 2 aliphatic heterocycles. The summed E-state index contributed by atoms with van der Waals surface area (Å²) < 4.78 is 0. The third-order valence-corrected chi connectivity index (χ3v) is 6.05. The van der Waals surface area contributed by atoms with E-state index in [1.54, 1.807) is 10.5 Å². The van der Waals surface area contributed by atoms with Gasteiger partial charge in [-0.25, -0.2) is 0 Å². The van der Waals surface area contributed by atoms with Crippen molar-refractivity contribution in [3.8, 4) is 0 Å². The van der Waals surface area contributed by atoms with Gasteiger partial charge in [0.05, 0.1) is 11.5 Å². The van der Waals surface area contributed by atoms with Crippen molar-refractivity contribution >= 4 is 11.8 Å². The molecule has 3 aliphatic rings. The van der Waals surface area contributed by atoms with E-state index in [1.165, 1.54) is 32.1 Å². The predicted octanol–water partition coefficient (Wildman–Crippen LogP) is 1.52. The van der Waals surface area contributed by atoms with Gasteiger partial charge in [0, 0.05) is 12.6 Å². The molecule has 0 amide bonds. The van der Waals surface area contributed by atoms with E-state index in [0.29, 0.717) is 17.5 Å². The number of rotatable bonds is 5. The number of thioether (sulfide) groups is 1. The first-order valence-electron chi connectivity index (χ1n) is 7.99. The maximum atomic E-state index is 3.76. The monoisotopic (exact) mass is 296 g/mol. The van der Waals surface area contributed by atoms with Crippen LogP contribution < -0.4 is 16.0 Å². The molecule has 0 aromatic heterocycles. The van der Waals surface area contributed by atoms with Crippen LogP contribution in [0.4, 0.5) is 0 Å². The Morgan fingerprint density at radius 1 is 1.25 bits per heavy atom. The van der Waals surface area contributed by atoms with E-state index < -0.39 is 0 Å². The summed E-state index contributed by atoms with van der Waals surface area (Å²) in [6.45, 7) is 3.20. The molecule has 3 atom stereocenters. The van der Waals surface area contributed by atoms with E-state index in [9.17, 15) is 0 Å². The molecule has 1 saturated heterocycles. The lowest BCUT2D eigenvalue weighted by Gasteiger charge is -2.37. The molecule has 114 valence electrons. The lowest BCUT2D eigenvalue weighted by atomic mass is 9.86. The Morgan fingerprint density at radius 2 is 2.10 bits per heavy atom. The number of nitrogens with one attached hydrogen (secondary N) is 3. The van der Waals surface area contributed by atoms with Gasteiger partial charge in [0.25, 0.3) is 0 Å². The zero-order valence-electron chi connectivity index (χ0n) is 12.7. The second kappa shape index (κ2) is 6.79. The van der Waals surface area contributed by atoms with Crippen LogP contribution >= 0.6 is 11.8 Å². The average Bonchev–Trinajstić information content (AvgIpc) is 2.82. The van der Waals surface area contributed by atoms with Crippen LogP contribution in [0.5, 0.6) is 0 Å². The Bertz CT molecular complexity index is 369. The zero-order valence-corrected chi connectivity index (χ0v) is 13.6. The van der Waals surface area contributed by atoms with Crippen LogP contribution in [0.1, 0.15) is 32.1 Å². The smallest absolute Gasteiger partial charge is 0.0680 e. The fourth-order valence-corrected chi connectivity index (χ4v) is 5.18. The number of allylic oxidation sites excluding steroid dienone is 1. The molecule has 0 aromatic carbocycles. The van der Waals surface area contributed by atoms with Crippen molar-refractivity contribution in [1.29, 1.82) is 0 Å². The van der Waals surface area contributed by atoms with E-state index in [2.05, 4.69) is 46.7 Å². The second-order valence-electron chi connectivity index (χ2n) is 6.39. The standard InChI is InChI=1S/C15H28N4S/c1-19(2)9-5-8-16-14-13-11-6-3-4-7-12(11)20-15(13)18-10-17-14/h13-18H,3-10H2,1-2H3. The molecular weight excluding hydrogens is 268 g/mol. The molecule has 0 radical (unpaired) electrons. The van der Waals surface area contributed by atoms with Gasteiger partial charge in [-0.2, -0.15) is 0 Å². The summed E-state index contributed by atoms with van der Waals surface area (Å²) in [5, 5.41) is 11.6. The topological polar surface area (TPSA) is 39.3 Å². The fraction of sp³-hybridized carbons (Fsp3) is 0.867. The van der Waals surface area contributed by atoms with E-state index >= 15 is 0 Å². The molecule has 3 unspecified atom stereocenters. The molecule has 0 bridgehead atoms. The third-order valence-electron chi connectivity index (χ3n) is 4.59.